The molecule has 20 heavy (non-hydrogen) atoms. The summed E-state index contributed by atoms with van der Waals surface area (Å²) in [5.74, 6) is 0.799. The Kier molecular flexibility index (Phi) is 5.13. The van der Waals surface area contributed by atoms with E-state index in [9.17, 15) is 4.79 Å². The number of fused-ring (bicyclic) bond motifs is 1. The Balaban J connectivity index is 2.03. The first kappa shape index (κ1) is 15.4. The average Bonchev–Trinajstić information content (AvgIpc) is 2.39. The summed E-state index contributed by atoms with van der Waals surface area (Å²) in [7, 11) is 3.51. The van der Waals surface area contributed by atoms with E-state index in [4.69, 9.17) is 27.9 Å². The van der Waals surface area contributed by atoms with E-state index >= 15 is 0 Å². The lowest BCUT2D eigenvalue weighted by Gasteiger charge is -2.28. The van der Waals surface area contributed by atoms with E-state index in [0.717, 1.165) is 12.0 Å². The van der Waals surface area contributed by atoms with Crippen molar-refractivity contribution >= 4 is 29.1 Å². The number of hydrogen-bond donors (Lipinski definition) is 1. The van der Waals surface area contributed by atoms with E-state index in [1.807, 2.05) is 6.07 Å². The molecule has 2 rings (SSSR count). The fourth-order valence-corrected chi connectivity index (χ4v) is 2.78. The molecule has 1 amide bonds. The zero-order chi connectivity index (χ0) is 14.7. The highest BCUT2D eigenvalue weighted by Crippen LogP contribution is 2.39. The molecule has 1 N–H and O–H groups in total. The minimum absolute atomic E-state index is 0.105. The largest absolute Gasteiger partial charge is 0.492 e. The predicted molar refractivity (Wildman–Crippen MR) is 80.6 cm³/mol. The van der Waals surface area contributed by atoms with Crippen molar-refractivity contribution in [2.75, 3.05) is 27.2 Å². The minimum Gasteiger partial charge on any atom is -0.492 e. The second-order valence-corrected chi connectivity index (χ2v) is 5.83. The van der Waals surface area contributed by atoms with Gasteiger partial charge in [0.15, 0.2) is 0 Å². The maximum atomic E-state index is 11.6. The summed E-state index contributed by atoms with van der Waals surface area (Å²) >= 11 is 12.2. The zero-order valence-corrected chi connectivity index (χ0v) is 13.1. The Morgan fingerprint density at radius 2 is 2.20 bits per heavy atom. The van der Waals surface area contributed by atoms with Crippen LogP contribution >= 0.6 is 23.2 Å². The molecule has 0 radical (unpaired) electrons. The molecule has 0 aromatic heterocycles. The number of nitrogens with zero attached hydrogens (tertiary/aromatic N) is 1. The standard InChI is InChI=1S/C14H18Cl2N2O2/c1-18(2)13(19)3-5-17-12-4-6-20-14-10(12)7-9(15)8-11(14)16/h7-8,12,17H,3-6H2,1-2H3. The molecule has 1 aromatic carbocycles. The average molecular weight is 317 g/mol. The van der Waals surface area contributed by atoms with Crippen molar-refractivity contribution < 1.29 is 9.53 Å². The summed E-state index contributed by atoms with van der Waals surface area (Å²) in [6.07, 6.45) is 1.30. The molecule has 0 aliphatic carbocycles. The Bertz CT molecular complexity index is 506. The molecular formula is C14H18Cl2N2O2. The van der Waals surface area contributed by atoms with Gasteiger partial charge in [-0.3, -0.25) is 4.79 Å². The van der Waals surface area contributed by atoms with Gasteiger partial charge >= 0.3 is 0 Å². The van der Waals surface area contributed by atoms with Gasteiger partial charge in [0.2, 0.25) is 5.91 Å². The lowest BCUT2D eigenvalue weighted by molar-refractivity contribution is -0.128. The smallest absolute Gasteiger partial charge is 0.223 e. The van der Waals surface area contributed by atoms with Gasteiger partial charge in [-0.05, 0) is 12.1 Å². The molecule has 1 heterocycles. The van der Waals surface area contributed by atoms with Crippen LogP contribution in [0.1, 0.15) is 24.4 Å². The molecule has 1 aliphatic rings. The number of halogens is 2. The SMILES string of the molecule is CN(C)C(=O)CCNC1CCOc2c(Cl)cc(Cl)cc21. The maximum absolute atomic E-state index is 11.6. The van der Waals surface area contributed by atoms with Crippen LogP contribution in [-0.2, 0) is 4.79 Å². The zero-order valence-electron chi connectivity index (χ0n) is 11.6. The van der Waals surface area contributed by atoms with Gasteiger partial charge in [0.05, 0.1) is 11.6 Å². The molecule has 0 fully saturated rings. The highest BCUT2D eigenvalue weighted by Gasteiger charge is 2.24. The van der Waals surface area contributed by atoms with Gasteiger partial charge in [0.1, 0.15) is 5.75 Å². The van der Waals surface area contributed by atoms with Crippen molar-refractivity contribution in [3.05, 3.63) is 27.7 Å². The minimum atomic E-state index is 0.105. The predicted octanol–water partition coefficient (Wildman–Crippen LogP) is 2.88. The first-order chi connectivity index (χ1) is 9.49. The normalized spacial score (nSPS) is 17.3. The summed E-state index contributed by atoms with van der Waals surface area (Å²) in [4.78, 5) is 13.1. The van der Waals surface area contributed by atoms with E-state index in [0.29, 0.717) is 35.4 Å². The molecule has 0 spiro atoms. The topological polar surface area (TPSA) is 41.6 Å². The third kappa shape index (κ3) is 3.57. The molecule has 6 heteroatoms. The number of benzene rings is 1. The van der Waals surface area contributed by atoms with E-state index in [1.54, 1.807) is 25.1 Å². The van der Waals surface area contributed by atoms with E-state index in [-0.39, 0.29) is 11.9 Å². The molecule has 110 valence electrons. The van der Waals surface area contributed by atoms with E-state index < -0.39 is 0 Å². The first-order valence-electron chi connectivity index (χ1n) is 6.54. The van der Waals surface area contributed by atoms with Crippen molar-refractivity contribution in [3.63, 3.8) is 0 Å². The van der Waals surface area contributed by atoms with Crippen LogP contribution in [0.5, 0.6) is 5.75 Å². The number of rotatable bonds is 4. The van der Waals surface area contributed by atoms with Crippen LogP contribution in [-0.4, -0.2) is 38.1 Å². The van der Waals surface area contributed by atoms with Gasteiger partial charge in [-0.1, -0.05) is 23.2 Å². The number of ether oxygens (including phenoxy) is 1. The Labute approximate surface area is 129 Å². The number of amides is 1. The third-order valence-corrected chi connectivity index (χ3v) is 3.79. The summed E-state index contributed by atoms with van der Waals surface area (Å²) in [5.41, 5.74) is 0.964. The van der Waals surface area contributed by atoms with Crippen molar-refractivity contribution in [2.45, 2.75) is 18.9 Å². The van der Waals surface area contributed by atoms with Gasteiger partial charge in [-0.2, -0.15) is 0 Å². The van der Waals surface area contributed by atoms with Gasteiger partial charge in [-0.25, -0.2) is 0 Å². The highest BCUT2D eigenvalue weighted by molar-refractivity contribution is 6.35. The molecule has 1 unspecified atom stereocenters. The quantitative estimate of drug-likeness (QED) is 0.928. The van der Waals surface area contributed by atoms with Crippen molar-refractivity contribution in [1.82, 2.24) is 10.2 Å². The second kappa shape index (κ2) is 6.66. The van der Waals surface area contributed by atoms with Crippen LogP contribution < -0.4 is 10.1 Å². The molecule has 0 bridgehead atoms. The van der Waals surface area contributed by atoms with Gasteiger partial charge in [-0.15, -0.1) is 0 Å². The molecule has 0 saturated carbocycles. The molecule has 1 aromatic rings. The summed E-state index contributed by atoms with van der Waals surface area (Å²) in [6.45, 7) is 1.22. The number of nitrogens with one attached hydrogen (secondary N) is 1. The van der Waals surface area contributed by atoms with Crippen molar-refractivity contribution in [2.24, 2.45) is 0 Å². The monoisotopic (exact) mass is 316 g/mol. The lowest BCUT2D eigenvalue weighted by Crippen LogP contribution is -2.31. The summed E-state index contributed by atoms with van der Waals surface area (Å²) < 4.78 is 5.60. The van der Waals surface area contributed by atoms with Crippen LogP contribution in [0.3, 0.4) is 0 Å². The number of carbonyl (C=O) groups is 1. The summed E-state index contributed by atoms with van der Waals surface area (Å²) in [5, 5.41) is 4.50. The Hall–Kier alpha value is -0.970. The van der Waals surface area contributed by atoms with Crippen LogP contribution in [0, 0.1) is 0 Å². The fraction of sp³-hybridized carbons (Fsp3) is 0.500. The van der Waals surface area contributed by atoms with Gasteiger partial charge in [0, 0.05) is 50.1 Å². The van der Waals surface area contributed by atoms with Gasteiger partial charge < -0.3 is 15.0 Å². The Morgan fingerprint density at radius 1 is 1.45 bits per heavy atom. The number of hydrogen-bond acceptors (Lipinski definition) is 3. The van der Waals surface area contributed by atoms with Crippen LogP contribution in [0.15, 0.2) is 12.1 Å². The number of carbonyl (C=O) groups excluding carboxylic acids is 1. The lowest BCUT2D eigenvalue weighted by atomic mass is 10.0. The molecule has 1 aliphatic heterocycles. The molecule has 4 nitrogen and oxygen atoms in total. The van der Waals surface area contributed by atoms with Gasteiger partial charge in [0.25, 0.3) is 0 Å². The highest BCUT2D eigenvalue weighted by atomic mass is 35.5. The van der Waals surface area contributed by atoms with Crippen molar-refractivity contribution in [1.29, 1.82) is 0 Å². The van der Waals surface area contributed by atoms with E-state index in [2.05, 4.69) is 5.32 Å². The molecular weight excluding hydrogens is 299 g/mol. The summed E-state index contributed by atoms with van der Waals surface area (Å²) in [6, 6.07) is 3.66. The third-order valence-electron chi connectivity index (χ3n) is 3.29. The Morgan fingerprint density at radius 3 is 2.90 bits per heavy atom. The van der Waals surface area contributed by atoms with Crippen LogP contribution in [0.2, 0.25) is 10.0 Å². The molecule has 1 atom stereocenters. The maximum Gasteiger partial charge on any atom is 0.223 e. The fourth-order valence-electron chi connectivity index (χ4n) is 2.21. The second-order valence-electron chi connectivity index (χ2n) is 4.99. The molecule has 0 saturated heterocycles. The first-order valence-corrected chi connectivity index (χ1v) is 7.30. The van der Waals surface area contributed by atoms with Crippen LogP contribution in [0.25, 0.3) is 0 Å². The van der Waals surface area contributed by atoms with E-state index in [1.165, 1.54) is 0 Å². The van der Waals surface area contributed by atoms with Crippen molar-refractivity contribution in [3.8, 4) is 5.75 Å². The van der Waals surface area contributed by atoms with Crippen LogP contribution in [0.4, 0.5) is 0 Å².